The number of likely N-dealkylation sites (tertiary alicyclic amines) is 1. The van der Waals surface area contributed by atoms with Crippen LogP contribution in [0.1, 0.15) is 37.7 Å². The second-order valence-corrected chi connectivity index (χ2v) is 6.52. The zero-order valence-corrected chi connectivity index (χ0v) is 13.6. The predicted molar refractivity (Wildman–Crippen MR) is 84.6 cm³/mol. The van der Waals surface area contributed by atoms with Gasteiger partial charge in [0.1, 0.15) is 5.82 Å². The number of carbonyl (C=O) groups is 1. The summed E-state index contributed by atoms with van der Waals surface area (Å²) in [5.74, 6) is 0.0812. The fourth-order valence-corrected chi connectivity index (χ4v) is 3.58. The number of pyridine rings is 1. The van der Waals surface area contributed by atoms with E-state index in [0.717, 1.165) is 32.0 Å². The molecule has 0 unspecified atom stereocenters. The third-order valence-electron chi connectivity index (χ3n) is 4.90. The molecule has 7 heteroatoms. The SMILES string of the molecule is O=C(C1CCN(c2ncccc2C(F)(F)F)CC1)N1CCCCC1. The molecule has 0 radical (unpaired) electrons. The van der Waals surface area contributed by atoms with Gasteiger partial charge in [0.15, 0.2) is 0 Å². The number of anilines is 1. The zero-order valence-electron chi connectivity index (χ0n) is 13.6. The Bertz CT molecular complexity index is 577. The number of amides is 1. The van der Waals surface area contributed by atoms with E-state index < -0.39 is 11.7 Å². The van der Waals surface area contributed by atoms with Gasteiger partial charge < -0.3 is 9.80 Å². The van der Waals surface area contributed by atoms with E-state index in [2.05, 4.69) is 4.98 Å². The van der Waals surface area contributed by atoms with Crippen LogP contribution in [-0.2, 0) is 11.0 Å². The lowest BCUT2D eigenvalue weighted by molar-refractivity contribution is -0.138. The van der Waals surface area contributed by atoms with Crippen LogP contribution in [0.15, 0.2) is 18.3 Å². The monoisotopic (exact) mass is 341 g/mol. The third-order valence-corrected chi connectivity index (χ3v) is 4.90. The van der Waals surface area contributed by atoms with Gasteiger partial charge in [-0.05, 0) is 44.2 Å². The molecule has 1 aromatic heterocycles. The minimum Gasteiger partial charge on any atom is -0.356 e. The van der Waals surface area contributed by atoms with Crippen LogP contribution in [0.5, 0.6) is 0 Å². The van der Waals surface area contributed by atoms with E-state index in [1.54, 1.807) is 4.90 Å². The molecule has 0 saturated carbocycles. The summed E-state index contributed by atoms with van der Waals surface area (Å²) < 4.78 is 39.4. The van der Waals surface area contributed by atoms with E-state index >= 15 is 0 Å². The van der Waals surface area contributed by atoms with Crippen molar-refractivity contribution in [3.8, 4) is 0 Å². The van der Waals surface area contributed by atoms with Crippen molar-refractivity contribution in [1.29, 1.82) is 0 Å². The Balaban J connectivity index is 1.64. The maximum Gasteiger partial charge on any atom is 0.419 e. The highest BCUT2D eigenvalue weighted by molar-refractivity contribution is 5.79. The molecule has 1 aromatic rings. The van der Waals surface area contributed by atoms with E-state index in [1.165, 1.54) is 18.7 Å². The van der Waals surface area contributed by atoms with Crippen molar-refractivity contribution < 1.29 is 18.0 Å². The second-order valence-electron chi connectivity index (χ2n) is 6.52. The van der Waals surface area contributed by atoms with Crippen LogP contribution < -0.4 is 4.90 Å². The summed E-state index contributed by atoms with van der Waals surface area (Å²) in [7, 11) is 0. The molecule has 0 aliphatic carbocycles. The lowest BCUT2D eigenvalue weighted by atomic mass is 9.94. The smallest absolute Gasteiger partial charge is 0.356 e. The van der Waals surface area contributed by atoms with Crippen LogP contribution in [0.25, 0.3) is 0 Å². The molecule has 2 aliphatic heterocycles. The van der Waals surface area contributed by atoms with Gasteiger partial charge in [-0.2, -0.15) is 13.2 Å². The topological polar surface area (TPSA) is 36.4 Å². The molecule has 0 atom stereocenters. The molecule has 0 bridgehead atoms. The summed E-state index contributed by atoms with van der Waals surface area (Å²) in [6.45, 7) is 2.50. The van der Waals surface area contributed by atoms with Gasteiger partial charge in [0.2, 0.25) is 5.91 Å². The van der Waals surface area contributed by atoms with Crippen LogP contribution in [0, 0.1) is 5.92 Å². The first kappa shape index (κ1) is 17.0. The molecule has 0 spiro atoms. The predicted octanol–water partition coefficient (Wildman–Crippen LogP) is 3.33. The first-order valence-electron chi connectivity index (χ1n) is 8.53. The molecular formula is C17H22F3N3O. The number of hydrogen-bond donors (Lipinski definition) is 0. The molecule has 2 aliphatic rings. The largest absolute Gasteiger partial charge is 0.419 e. The summed E-state index contributed by atoms with van der Waals surface area (Å²) in [6.07, 6.45) is 1.41. The second kappa shape index (κ2) is 6.99. The van der Waals surface area contributed by atoms with Crippen LogP contribution in [0.3, 0.4) is 0 Å². The standard InChI is InChI=1S/C17H22F3N3O/c18-17(19,20)14-5-4-8-21-15(14)22-11-6-13(7-12-22)16(24)23-9-2-1-3-10-23/h4-5,8,13H,1-3,6-7,9-12H2. The third kappa shape index (κ3) is 3.65. The van der Waals surface area contributed by atoms with E-state index in [9.17, 15) is 18.0 Å². The van der Waals surface area contributed by atoms with Gasteiger partial charge in [0.25, 0.3) is 0 Å². The number of carbonyl (C=O) groups excluding carboxylic acids is 1. The summed E-state index contributed by atoms with van der Waals surface area (Å²) in [5, 5.41) is 0. The van der Waals surface area contributed by atoms with Crippen molar-refractivity contribution in [3.05, 3.63) is 23.9 Å². The highest BCUT2D eigenvalue weighted by Crippen LogP contribution is 2.36. The van der Waals surface area contributed by atoms with Crippen molar-refractivity contribution >= 4 is 11.7 Å². The van der Waals surface area contributed by atoms with Gasteiger partial charge >= 0.3 is 6.18 Å². The number of aromatic nitrogens is 1. The van der Waals surface area contributed by atoms with Gasteiger partial charge in [-0.15, -0.1) is 0 Å². The van der Waals surface area contributed by atoms with Crippen LogP contribution in [-0.4, -0.2) is 42.0 Å². The first-order valence-corrected chi connectivity index (χ1v) is 8.53. The number of halogens is 3. The lowest BCUT2D eigenvalue weighted by Crippen LogP contribution is -2.44. The van der Waals surface area contributed by atoms with Crippen molar-refractivity contribution in [2.24, 2.45) is 5.92 Å². The molecule has 0 aromatic carbocycles. The van der Waals surface area contributed by atoms with Gasteiger partial charge in [-0.25, -0.2) is 4.98 Å². The zero-order chi connectivity index (χ0) is 17.2. The Labute approximate surface area is 139 Å². The summed E-state index contributed by atoms with van der Waals surface area (Å²) in [4.78, 5) is 20.1. The fraction of sp³-hybridized carbons (Fsp3) is 0.647. The molecule has 3 heterocycles. The van der Waals surface area contributed by atoms with Crippen molar-refractivity contribution in [1.82, 2.24) is 9.88 Å². The summed E-state index contributed by atoms with van der Waals surface area (Å²) in [6, 6.07) is 2.37. The highest BCUT2D eigenvalue weighted by atomic mass is 19.4. The van der Waals surface area contributed by atoms with E-state index in [1.807, 2.05) is 4.90 Å². The van der Waals surface area contributed by atoms with Crippen LogP contribution in [0.2, 0.25) is 0 Å². The van der Waals surface area contributed by atoms with Gasteiger partial charge in [0, 0.05) is 38.3 Å². The van der Waals surface area contributed by atoms with E-state index in [-0.39, 0.29) is 17.6 Å². The number of hydrogen-bond acceptors (Lipinski definition) is 3. The molecule has 2 saturated heterocycles. The molecule has 24 heavy (non-hydrogen) atoms. The summed E-state index contributed by atoms with van der Waals surface area (Å²) >= 11 is 0. The van der Waals surface area contributed by atoms with Crippen molar-refractivity contribution in [3.63, 3.8) is 0 Å². The minimum atomic E-state index is -4.41. The Kier molecular flexibility index (Phi) is 4.96. The van der Waals surface area contributed by atoms with Crippen molar-refractivity contribution in [2.45, 2.75) is 38.3 Å². The van der Waals surface area contributed by atoms with Crippen LogP contribution >= 0.6 is 0 Å². The Morgan fingerprint density at radius 1 is 1.08 bits per heavy atom. The molecule has 132 valence electrons. The number of nitrogens with zero attached hydrogens (tertiary/aromatic N) is 3. The normalized spacial score (nSPS) is 20.3. The van der Waals surface area contributed by atoms with Gasteiger partial charge in [-0.3, -0.25) is 4.79 Å². The average molecular weight is 341 g/mol. The Morgan fingerprint density at radius 2 is 1.75 bits per heavy atom. The molecule has 1 amide bonds. The molecular weight excluding hydrogens is 319 g/mol. The maximum absolute atomic E-state index is 13.1. The number of piperidine rings is 2. The van der Waals surface area contributed by atoms with Crippen molar-refractivity contribution in [2.75, 3.05) is 31.1 Å². The highest BCUT2D eigenvalue weighted by Gasteiger charge is 2.37. The van der Waals surface area contributed by atoms with Gasteiger partial charge in [0.05, 0.1) is 5.56 Å². The first-order chi connectivity index (χ1) is 11.5. The van der Waals surface area contributed by atoms with E-state index in [0.29, 0.717) is 25.9 Å². The lowest BCUT2D eigenvalue weighted by Gasteiger charge is -2.36. The maximum atomic E-state index is 13.1. The Hall–Kier alpha value is -1.79. The van der Waals surface area contributed by atoms with E-state index in [4.69, 9.17) is 0 Å². The molecule has 3 rings (SSSR count). The fourth-order valence-electron chi connectivity index (χ4n) is 3.58. The minimum absolute atomic E-state index is 0.0196. The van der Waals surface area contributed by atoms with Crippen LogP contribution in [0.4, 0.5) is 19.0 Å². The Morgan fingerprint density at radius 3 is 2.38 bits per heavy atom. The molecule has 4 nitrogen and oxygen atoms in total. The number of alkyl halides is 3. The molecule has 2 fully saturated rings. The number of rotatable bonds is 2. The average Bonchev–Trinajstić information content (AvgIpc) is 2.61. The van der Waals surface area contributed by atoms with Gasteiger partial charge in [-0.1, -0.05) is 0 Å². The summed E-state index contributed by atoms with van der Waals surface area (Å²) in [5.41, 5.74) is -0.703. The quantitative estimate of drug-likeness (QED) is 0.828. The molecule has 0 N–H and O–H groups in total.